The number of nitrogens with zero attached hydrogens (tertiary/aromatic N) is 2. The fourth-order valence-corrected chi connectivity index (χ4v) is 3.78. The van der Waals surface area contributed by atoms with Gasteiger partial charge in [-0.05, 0) is 37.1 Å². The Bertz CT molecular complexity index is 1120. The number of ether oxygens (including phenoxy) is 1. The fraction of sp³-hybridized carbons (Fsp3) is 0.261. The highest BCUT2D eigenvalue weighted by Crippen LogP contribution is 2.29. The van der Waals surface area contributed by atoms with E-state index >= 15 is 0 Å². The standard InChI is InChI=1S/C23H23N3O3/c1-14-7-6-10-18(15(14)2)25-23(28)26-12-11-20-17(13-26)21(22(27)29-3)16-8-4-5-9-19(16)24-20/h4-10H,11-13H2,1-3H3,(H,25,28). The molecule has 4 rings (SSSR count). The molecule has 0 bridgehead atoms. The molecule has 0 atom stereocenters. The van der Waals surface area contributed by atoms with Gasteiger partial charge in [0.05, 0.1) is 24.7 Å². The molecule has 0 radical (unpaired) electrons. The molecule has 1 aliphatic rings. The molecule has 6 nitrogen and oxygen atoms in total. The van der Waals surface area contributed by atoms with Gasteiger partial charge in [-0.15, -0.1) is 0 Å². The second-order valence-corrected chi connectivity index (χ2v) is 7.27. The van der Waals surface area contributed by atoms with E-state index in [9.17, 15) is 9.59 Å². The molecule has 1 aliphatic heterocycles. The zero-order valence-electron chi connectivity index (χ0n) is 16.8. The van der Waals surface area contributed by atoms with Crippen LogP contribution in [-0.4, -0.2) is 35.5 Å². The predicted octanol–water partition coefficient (Wildman–Crippen LogP) is 4.23. The Morgan fingerprint density at radius 2 is 1.90 bits per heavy atom. The van der Waals surface area contributed by atoms with Gasteiger partial charge in [0.15, 0.2) is 0 Å². The highest BCUT2D eigenvalue weighted by atomic mass is 16.5. The average Bonchev–Trinajstić information content (AvgIpc) is 2.74. The molecular formula is C23H23N3O3. The minimum absolute atomic E-state index is 0.187. The van der Waals surface area contributed by atoms with E-state index in [2.05, 4.69) is 5.32 Å². The van der Waals surface area contributed by atoms with Crippen molar-refractivity contribution in [2.45, 2.75) is 26.8 Å². The van der Waals surface area contributed by atoms with Crippen molar-refractivity contribution >= 4 is 28.6 Å². The number of carbonyl (C=O) groups is 2. The molecule has 2 amide bonds. The number of methoxy groups -OCH3 is 1. The van der Waals surface area contributed by atoms with Gasteiger partial charge in [0.2, 0.25) is 0 Å². The van der Waals surface area contributed by atoms with E-state index in [0.29, 0.717) is 25.1 Å². The Morgan fingerprint density at radius 3 is 2.69 bits per heavy atom. The maximum atomic E-state index is 12.9. The number of benzene rings is 2. The van der Waals surface area contributed by atoms with E-state index in [1.165, 1.54) is 7.11 Å². The minimum atomic E-state index is -0.406. The Labute approximate surface area is 169 Å². The van der Waals surface area contributed by atoms with Crippen molar-refractivity contribution in [1.82, 2.24) is 9.88 Å². The Hall–Kier alpha value is -3.41. The van der Waals surface area contributed by atoms with Gasteiger partial charge in [-0.25, -0.2) is 9.59 Å². The summed E-state index contributed by atoms with van der Waals surface area (Å²) in [6.45, 7) is 4.85. The number of pyridine rings is 1. The minimum Gasteiger partial charge on any atom is -0.465 e. The van der Waals surface area contributed by atoms with Crippen LogP contribution in [0.25, 0.3) is 10.9 Å². The Balaban J connectivity index is 1.69. The first kappa shape index (κ1) is 18.9. The van der Waals surface area contributed by atoms with Crippen LogP contribution in [0, 0.1) is 13.8 Å². The van der Waals surface area contributed by atoms with E-state index in [4.69, 9.17) is 9.72 Å². The van der Waals surface area contributed by atoms with E-state index in [1.807, 2.05) is 56.3 Å². The SMILES string of the molecule is COC(=O)c1c2c(nc3ccccc13)CCN(C(=O)Nc1cccc(C)c1C)C2. The van der Waals surface area contributed by atoms with E-state index in [-0.39, 0.29) is 6.03 Å². The summed E-state index contributed by atoms with van der Waals surface area (Å²) < 4.78 is 5.04. The zero-order valence-corrected chi connectivity index (χ0v) is 16.8. The van der Waals surface area contributed by atoms with Crippen molar-refractivity contribution in [1.29, 1.82) is 0 Å². The maximum Gasteiger partial charge on any atom is 0.338 e. The van der Waals surface area contributed by atoms with Crippen molar-refractivity contribution in [3.05, 3.63) is 70.4 Å². The number of anilines is 1. The molecule has 1 N–H and O–H groups in total. The van der Waals surface area contributed by atoms with Crippen molar-refractivity contribution in [2.24, 2.45) is 0 Å². The molecule has 3 aromatic rings. The number of fused-ring (bicyclic) bond motifs is 2. The van der Waals surface area contributed by atoms with E-state index in [0.717, 1.165) is 39.0 Å². The molecule has 0 fully saturated rings. The van der Waals surface area contributed by atoms with Gasteiger partial charge < -0.3 is 15.0 Å². The number of carbonyl (C=O) groups excluding carboxylic acids is 2. The van der Waals surface area contributed by atoms with Gasteiger partial charge in [-0.3, -0.25) is 4.98 Å². The lowest BCUT2D eigenvalue weighted by Crippen LogP contribution is -2.40. The maximum absolute atomic E-state index is 12.9. The van der Waals surface area contributed by atoms with Gasteiger partial charge in [0, 0.05) is 35.3 Å². The van der Waals surface area contributed by atoms with E-state index in [1.54, 1.807) is 4.90 Å². The molecule has 148 valence electrons. The van der Waals surface area contributed by atoms with Crippen LogP contribution in [0.1, 0.15) is 32.7 Å². The summed E-state index contributed by atoms with van der Waals surface area (Å²) in [4.78, 5) is 32.0. The number of rotatable bonds is 2. The average molecular weight is 389 g/mol. The van der Waals surface area contributed by atoms with Gasteiger partial charge in [-0.2, -0.15) is 0 Å². The van der Waals surface area contributed by atoms with Crippen molar-refractivity contribution in [2.75, 3.05) is 19.0 Å². The zero-order chi connectivity index (χ0) is 20.5. The normalized spacial score (nSPS) is 13.1. The topological polar surface area (TPSA) is 71.5 Å². The lowest BCUT2D eigenvalue weighted by Gasteiger charge is -2.30. The smallest absolute Gasteiger partial charge is 0.338 e. The highest BCUT2D eigenvalue weighted by Gasteiger charge is 2.28. The van der Waals surface area contributed by atoms with Crippen LogP contribution in [0.3, 0.4) is 0 Å². The second-order valence-electron chi connectivity index (χ2n) is 7.27. The van der Waals surface area contributed by atoms with Crippen LogP contribution in [0.15, 0.2) is 42.5 Å². The van der Waals surface area contributed by atoms with Gasteiger partial charge in [-0.1, -0.05) is 30.3 Å². The first-order valence-corrected chi connectivity index (χ1v) is 9.60. The molecule has 6 heteroatoms. The van der Waals surface area contributed by atoms with Crippen LogP contribution in [0.4, 0.5) is 10.5 Å². The van der Waals surface area contributed by atoms with Gasteiger partial charge in [0.25, 0.3) is 0 Å². The molecule has 0 spiro atoms. The summed E-state index contributed by atoms with van der Waals surface area (Å²) in [7, 11) is 1.37. The largest absolute Gasteiger partial charge is 0.465 e. The third-order valence-electron chi connectivity index (χ3n) is 5.57. The summed E-state index contributed by atoms with van der Waals surface area (Å²) in [6.07, 6.45) is 0.588. The molecule has 1 aromatic heterocycles. The first-order valence-electron chi connectivity index (χ1n) is 9.60. The van der Waals surface area contributed by atoms with Crippen LogP contribution in [-0.2, 0) is 17.7 Å². The Morgan fingerprint density at radius 1 is 1.10 bits per heavy atom. The van der Waals surface area contributed by atoms with Crippen LogP contribution >= 0.6 is 0 Å². The Kier molecular flexibility index (Phi) is 4.92. The van der Waals surface area contributed by atoms with Crippen LogP contribution in [0.5, 0.6) is 0 Å². The number of amides is 2. The second kappa shape index (κ2) is 7.54. The predicted molar refractivity (Wildman–Crippen MR) is 112 cm³/mol. The molecule has 0 saturated heterocycles. The summed E-state index contributed by atoms with van der Waals surface area (Å²) in [5.41, 5.74) is 5.83. The molecule has 0 unspecified atom stereocenters. The monoisotopic (exact) mass is 389 g/mol. The third kappa shape index (κ3) is 3.42. The van der Waals surface area contributed by atoms with Crippen LogP contribution < -0.4 is 5.32 Å². The number of nitrogens with one attached hydrogen (secondary N) is 1. The summed E-state index contributed by atoms with van der Waals surface area (Å²) in [5, 5.41) is 3.75. The van der Waals surface area contributed by atoms with Crippen molar-refractivity contribution < 1.29 is 14.3 Å². The number of hydrogen-bond donors (Lipinski definition) is 1. The highest BCUT2D eigenvalue weighted by molar-refractivity contribution is 6.05. The van der Waals surface area contributed by atoms with Crippen molar-refractivity contribution in [3.8, 4) is 0 Å². The quantitative estimate of drug-likeness (QED) is 0.666. The van der Waals surface area contributed by atoms with Gasteiger partial charge >= 0.3 is 12.0 Å². The number of urea groups is 1. The molecular weight excluding hydrogens is 366 g/mol. The fourth-order valence-electron chi connectivity index (χ4n) is 3.78. The molecule has 0 saturated carbocycles. The lowest BCUT2D eigenvalue weighted by molar-refractivity contribution is 0.0600. The molecule has 2 heterocycles. The number of aromatic nitrogens is 1. The lowest BCUT2D eigenvalue weighted by atomic mass is 9.96. The summed E-state index contributed by atoms with van der Waals surface area (Å²) in [6, 6.07) is 13.2. The molecule has 29 heavy (non-hydrogen) atoms. The number of para-hydroxylation sites is 1. The molecule has 0 aliphatic carbocycles. The summed E-state index contributed by atoms with van der Waals surface area (Å²) in [5.74, 6) is -0.406. The number of esters is 1. The van der Waals surface area contributed by atoms with Crippen molar-refractivity contribution in [3.63, 3.8) is 0 Å². The number of aryl methyl sites for hydroxylation is 1. The van der Waals surface area contributed by atoms with E-state index < -0.39 is 5.97 Å². The molecule has 2 aromatic carbocycles. The van der Waals surface area contributed by atoms with Crippen LogP contribution in [0.2, 0.25) is 0 Å². The third-order valence-corrected chi connectivity index (χ3v) is 5.57. The van der Waals surface area contributed by atoms with Gasteiger partial charge in [0.1, 0.15) is 0 Å². The summed E-state index contributed by atoms with van der Waals surface area (Å²) >= 11 is 0. The number of hydrogen-bond acceptors (Lipinski definition) is 4. The first-order chi connectivity index (χ1) is 14.0.